The van der Waals surface area contributed by atoms with E-state index in [1.807, 2.05) is 0 Å². The maximum atomic E-state index is 14.5. The molecule has 0 saturated heterocycles. The molecule has 2 aliphatic heterocycles. The van der Waals surface area contributed by atoms with Gasteiger partial charge in [0.05, 0.1) is 43.3 Å². The van der Waals surface area contributed by atoms with Crippen molar-refractivity contribution in [2.75, 3.05) is 10.0 Å². The molecular weight excluding hydrogens is 937 g/mol. The van der Waals surface area contributed by atoms with E-state index >= 15 is 0 Å². The van der Waals surface area contributed by atoms with Gasteiger partial charge in [-0.05, 0) is 56.4 Å². The first-order valence-electron chi connectivity index (χ1n) is 25.7. The second kappa shape index (κ2) is 32.3. The van der Waals surface area contributed by atoms with Crippen LogP contribution in [0, 0.1) is 11.8 Å². The Kier molecular flexibility index (Phi) is 27.9. The summed E-state index contributed by atoms with van der Waals surface area (Å²) in [6.45, 7) is 4.54. The first-order valence-corrected chi connectivity index (χ1v) is 28.0. The number of anilines is 2. The van der Waals surface area contributed by atoms with E-state index in [2.05, 4.69) is 13.8 Å². The molecule has 4 rings (SSSR count). The van der Waals surface area contributed by atoms with Crippen LogP contribution in [0.25, 0.3) is 0 Å². The second-order valence-electron chi connectivity index (χ2n) is 18.7. The van der Waals surface area contributed by atoms with E-state index in [0.717, 1.165) is 49.9 Å². The third-order valence-corrected chi connectivity index (χ3v) is 14.8. The quantitative estimate of drug-likeness (QED) is 0.0639. The molecule has 0 fully saturated rings. The number of hydrogen-bond acceptors (Lipinski definition) is 4. The van der Waals surface area contributed by atoms with Crippen molar-refractivity contribution >= 4 is 104 Å². The average Bonchev–Trinajstić information content (AvgIpc) is 3.73. The number of carbonyl (C=O) groups is 2. The molecule has 6 nitrogen and oxygen atoms in total. The summed E-state index contributed by atoms with van der Waals surface area (Å²) in [5, 5.41) is 14.1. The number of hydrogen-bond donors (Lipinski definition) is 0. The van der Waals surface area contributed by atoms with Gasteiger partial charge in [0.25, 0.3) is 11.8 Å². The Bertz CT molecular complexity index is 1630. The number of rotatable bonds is 36. The molecule has 2 aliphatic rings. The molecule has 2 aromatic rings. The van der Waals surface area contributed by atoms with Crippen LogP contribution in [0.5, 0.6) is 0 Å². The molecule has 0 spiro atoms. The topological polar surface area (TPSA) is 65.3 Å². The molecule has 0 saturated carbocycles. The Morgan fingerprint density at radius 2 is 0.615 bits per heavy atom. The zero-order valence-corrected chi connectivity index (χ0v) is 44.2. The van der Waals surface area contributed by atoms with E-state index in [-0.39, 0.29) is 38.3 Å². The highest BCUT2D eigenvalue weighted by molar-refractivity contribution is 6.44. The Hall–Kier alpha value is -1.54. The van der Waals surface area contributed by atoms with E-state index in [0.29, 0.717) is 34.3 Å². The number of nitrogens with zero attached hydrogens (tertiary/aromatic N) is 4. The van der Waals surface area contributed by atoms with Gasteiger partial charge in [-0.25, -0.2) is 0 Å². The van der Waals surface area contributed by atoms with Crippen LogP contribution in [0.1, 0.15) is 226 Å². The van der Waals surface area contributed by atoms with Crippen LogP contribution in [-0.2, 0) is 9.59 Å². The van der Waals surface area contributed by atoms with Crippen molar-refractivity contribution in [2.24, 2.45) is 22.0 Å². The zero-order valence-electron chi connectivity index (χ0n) is 39.7. The minimum atomic E-state index is -0.666. The Morgan fingerprint density at radius 3 is 0.862 bits per heavy atom. The van der Waals surface area contributed by atoms with Gasteiger partial charge < -0.3 is 0 Å². The Labute approximate surface area is 423 Å². The van der Waals surface area contributed by atoms with Crippen molar-refractivity contribution in [3.63, 3.8) is 0 Å². The van der Waals surface area contributed by atoms with Gasteiger partial charge in [0.2, 0.25) is 0 Å². The third-order valence-electron chi connectivity index (χ3n) is 13.2. The molecular formula is C53H78Cl6N4O2. The number of benzene rings is 2. The van der Waals surface area contributed by atoms with E-state index < -0.39 is 11.8 Å². The summed E-state index contributed by atoms with van der Waals surface area (Å²) in [5.74, 6) is -1.87. The summed E-state index contributed by atoms with van der Waals surface area (Å²) in [6, 6.07) is 6.26. The fourth-order valence-corrected chi connectivity index (χ4v) is 11.3. The van der Waals surface area contributed by atoms with Gasteiger partial charge in [0.1, 0.15) is 11.4 Å². The van der Waals surface area contributed by atoms with E-state index in [1.165, 1.54) is 164 Å². The second-order valence-corrected chi connectivity index (χ2v) is 21.2. The molecule has 2 aromatic carbocycles. The molecule has 2 unspecified atom stereocenters. The molecule has 2 amide bonds. The molecule has 2 atom stereocenters. The van der Waals surface area contributed by atoms with Crippen LogP contribution in [-0.4, -0.2) is 23.2 Å². The SMILES string of the molecule is CCCCCCCCCCCCCCCCCC1=NN(c2c(Cl)cc(Cl)cc2Cl)C(=O)C1CC1C(=O)N(c2c(Cl)cc(Cl)cc2Cl)N=C1CCCCCCCCCCCCCCCCC. The number of carbonyl (C=O) groups excluding carboxylic acids is 2. The van der Waals surface area contributed by atoms with Gasteiger partial charge in [-0.2, -0.15) is 20.2 Å². The van der Waals surface area contributed by atoms with Crippen molar-refractivity contribution in [1.29, 1.82) is 0 Å². The summed E-state index contributed by atoms with van der Waals surface area (Å²) >= 11 is 39.2. The molecule has 0 radical (unpaired) electrons. The van der Waals surface area contributed by atoms with Crippen molar-refractivity contribution in [1.82, 2.24) is 0 Å². The van der Waals surface area contributed by atoms with Crippen molar-refractivity contribution in [3.8, 4) is 0 Å². The molecule has 364 valence electrons. The standard InChI is InChI=1S/C53H78Cl6N4O2/c1-3-5-7-9-11-13-15-17-19-21-23-25-27-29-31-33-48-42(52(64)62(60-48)50-44(56)35-40(54)36-45(50)57)39-43-49(61-63(53(43)65)51-46(58)37-41(55)38-47(51)59)34-32-30-28-26-24-22-20-18-16-14-12-10-8-6-4-2/h35-38,42-43H,3-34,39H2,1-2H3. The van der Waals surface area contributed by atoms with Crippen LogP contribution in [0.2, 0.25) is 30.1 Å². The maximum Gasteiger partial charge on any atom is 0.256 e. The highest BCUT2D eigenvalue weighted by Crippen LogP contribution is 2.44. The van der Waals surface area contributed by atoms with Crippen LogP contribution in [0.3, 0.4) is 0 Å². The summed E-state index contributed by atoms with van der Waals surface area (Å²) < 4.78 is 0. The predicted octanol–water partition coefficient (Wildman–Crippen LogP) is 19.9. The minimum Gasteiger partial charge on any atom is -0.272 e. The lowest BCUT2D eigenvalue weighted by Gasteiger charge is -2.20. The van der Waals surface area contributed by atoms with E-state index in [4.69, 9.17) is 79.8 Å². The highest BCUT2D eigenvalue weighted by Gasteiger charge is 2.45. The van der Waals surface area contributed by atoms with Crippen molar-refractivity contribution in [3.05, 3.63) is 54.4 Å². The summed E-state index contributed by atoms with van der Waals surface area (Å²) in [6.07, 6.45) is 39.5. The third kappa shape index (κ3) is 19.4. The molecule has 2 heterocycles. The van der Waals surface area contributed by atoms with Gasteiger partial charge in [-0.15, -0.1) is 0 Å². The average molecular weight is 1020 g/mol. The highest BCUT2D eigenvalue weighted by atomic mass is 35.5. The van der Waals surface area contributed by atoms with Gasteiger partial charge >= 0.3 is 0 Å². The number of unbranched alkanes of at least 4 members (excludes halogenated alkanes) is 28. The van der Waals surface area contributed by atoms with E-state index in [1.54, 1.807) is 24.3 Å². The van der Waals surface area contributed by atoms with E-state index in [9.17, 15) is 9.59 Å². The van der Waals surface area contributed by atoms with Gasteiger partial charge in [-0.1, -0.05) is 263 Å². The molecule has 0 bridgehead atoms. The van der Waals surface area contributed by atoms with Gasteiger partial charge in [-0.3, -0.25) is 9.59 Å². The minimum absolute atomic E-state index is 0.214. The lowest BCUT2D eigenvalue weighted by atomic mass is 9.84. The first kappa shape index (κ1) is 56.1. The number of halogens is 6. The van der Waals surface area contributed by atoms with Gasteiger partial charge in [0.15, 0.2) is 0 Å². The molecule has 0 aromatic heterocycles. The van der Waals surface area contributed by atoms with Crippen molar-refractivity contribution < 1.29 is 9.59 Å². The molecule has 0 aliphatic carbocycles. The van der Waals surface area contributed by atoms with Crippen LogP contribution >= 0.6 is 69.6 Å². The normalized spacial score (nSPS) is 16.4. The number of amides is 2. The zero-order chi connectivity index (χ0) is 46.8. The summed E-state index contributed by atoms with van der Waals surface area (Å²) in [5.41, 5.74) is 2.05. The number of hydrazone groups is 2. The van der Waals surface area contributed by atoms with Crippen LogP contribution < -0.4 is 10.0 Å². The van der Waals surface area contributed by atoms with Gasteiger partial charge in [0, 0.05) is 10.0 Å². The monoisotopic (exact) mass is 1010 g/mol. The summed E-state index contributed by atoms with van der Waals surface area (Å²) in [4.78, 5) is 29.0. The lowest BCUT2D eigenvalue weighted by Crippen LogP contribution is -2.34. The smallest absolute Gasteiger partial charge is 0.256 e. The Balaban J connectivity index is 1.36. The van der Waals surface area contributed by atoms with Crippen molar-refractivity contribution in [2.45, 2.75) is 226 Å². The molecule has 65 heavy (non-hydrogen) atoms. The first-order chi connectivity index (χ1) is 31.6. The summed E-state index contributed by atoms with van der Waals surface area (Å²) in [7, 11) is 0. The fraction of sp³-hybridized carbons (Fsp3) is 0.698. The maximum absolute atomic E-state index is 14.5. The Morgan fingerprint density at radius 1 is 0.385 bits per heavy atom. The lowest BCUT2D eigenvalue weighted by molar-refractivity contribution is -0.121. The van der Waals surface area contributed by atoms with Crippen LogP contribution in [0.4, 0.5) is 11.4 Å². The van der Waals surface area contributed by atoms with Crippen LogP contribution in [0.15, 0.2) is 34.5 Å². The molecule has 0 N–H and O–H groups in total. The predicted molar refractivity (Wildman–Crippen MR) is 283 cm³/mol. The largest absolute Gasteiger partial charge is 0.272 e. The molecule has 12 heteroatoms. The fourth-order valence-electron chi connectivity index (χ4n) is 9.38.